The van der Waals surface area contributed by atoms with E-state index in [2.05, 4.69) is 0 Å². The van der Waals surface area contributed by atoms with E-state index in [0.29, 0.717) is 22.9 Å². The van der Waals surface area contributed by atoms with E-state index in [9.17, 15) is 19.4 Å². The third-order valence-corrected chi connectivity index (χ3v) is 5.57. The predicted molar refractivity (Wildman–Crippen MR) is 115 cm³/mol. The molecule has 2 N–H and O–H groups in total. The Morgan fingerprint density at radius 1 is 1.03 bits per heavy atom. The Morgan fingerprint density at radius 3 is 2.43 bits per heavy atom. The number of carbonyl (C=O) groups is 1. The SMILES string of the molecule is Cc1cc(-n2c(C)c(C(Cc3ccccc3)C(=O)O)c3cc(O)ccc32)ccc1F. The Balaban J connectivity index is 1.97. The summed E-state index contributed by atoms with van der Waals surface area (Å²) in [5.74, 6) is -1.95. The molecule has 0 saturated heterocycles. The number of hydrogen-bond acceptors (Lipinski definition) is 2. The maximum Gasteiger partial charge on any atom is 0.311 e. The zero-order valence-corrected chi connectivity index (χ0v) is 16.8. The number of fused-ring (bicyclic) bond motifs is 1. The molecule has 1 atom stereocenters. The second-order valence-electron chi connectivity index (χ2n) is 7.55. The summed E-state index contributed by atoms with van der Waals surface area (Å²) in [6, 6.07) is 19.3. The summed E-state index contributed by atoms with van der Waals surface area (Å²) in [6.07, 6.45) is 0.328. The van der Waals surface area contributed by atoms with Crippen molar-refractivity contribution in [1.82, 2.24) is 4.57 Å². The molecule has 30 heavy (non-hydrogen) atoms. The Hall–Kier alpha value is -3.60. The van der Waals surface area contributed by atoms with E-state index in [-0.39, 0.29) is 11.6 Å². The molecule has 0 fully saturated rings. The molecule has 3 aromatic carbocycles. The van der Waals surface area contributed by atoms with Crippen LogP contribution in [0.15, 0.2) is 66.7 Å². The lowest BCUT2D eigenvalue weighted by atomic mass is 9.90. The maximum atomic E-state index is 13.8. The third kappa shape index (κ3) is 3.43. The summed E-state index contributed by atoms with van der Waals surface area (Å²) in [7, 11) is 0. The first-order chi connectivity index (χ1) is 14.4. The molecular formula is C25H22FNO3. The van der Waals surface area contributed by atoms with Gasteiger partial charge in [-0.15, -0.1) is 0 Å². The molecule has 0 amide bonds. The highest BCUT2D eigenvalue weighted by molar-refractivity contribution is 5.93. The highest BCUT2D eigenvalue weighted by atomic mass is 19.1. The average Bonchev–Trinajstić information content (AvgIpc) is 3.00. The van der Waals surface area contributed by atoms with Gasteiger partial charge in [-0.2, -0.15) is 0 Å². The summed E-state index contributed by atoms with van der Waals surface area (Å²) >= 11 is 0. The number of rotatable bonds is 5. The zero-order chi connectivity index (χ0) is 21.4. The van der Waals surface area contributed by atoms with Crippen LogP contribution >= 0.6 is 0 Å². The van der Waals surface area contributed by atoms with Crippen LogP contribution in [0.5, 0.6) is 5.75 Å². The van der Waals surface area contributed by atoms with Crippen LogP contribution in [0.2, 0.25) is 0 Å². The van der Waals surface area contributed by atoms with Gasteiger partial charge in [0, 0.05) is 16.8 Å². The molecule has 0 aliphatic heterocycles. The van der Waals surface area contributed by atoms with Crippen molar-refractivity contribution in [3.8, 4) is 11.4 Å². The number of halogens is 1. The monoisotopic (exact) mass is 403 g/mol. The number of aromatic hydroxyl groups is 1. The van der Waals surface area contributed by atoms with Gasteiger partial charge in [0.1, 0.15) is 11.6 Å². The third-order valence-electron chi connectivity index (χ3n) is 5.57. The topological polar surface area (TPSA) is 62.5 Å². The molecule has 152 valence electrons. The lowest BCUT2D eigenvalue weighted by Crippen LogP contribution is -2.15. The van der Waals surface area contributed by atoms with Crippen LogP contribution in [-0.4, -0.2) is 20.7 Å². The van der Waals surface area contributed by atoms with E-state index in [1.54, 1.807) is 37.3 Å². The molecule has 0 bridgehead atoms. The number of hydrogen-bond donors (Lipinski definition) is 2. The van der Waals surface area contributed by atoms with Gasteiger partial charge in [-0.3, -0.25) is 4.79 Å². The molecule has 4 rings (SSSR count). The first-order valence-electron chi connectivity index (χ1n) is 9.74. The van der Waals surface area contributed by atoms with Crippen LogP contribution in [0, 0.1) is 19.7 Å². The summed E-state index contributed by atoms with van der Waals surface area (Å²) in [6.45, 7) is 3.56. The van der Waals surface area contributed by atoms with Gasteiger partial charge in [-0.05, 0) is 73.4 Å². The summed E-state index contributed by atoms with van der Waals surface area (Å²) in [5.41, 5.74) is 4.35. The van der Waals surface area contributed by atoms with Crippen LogP contribution < -0.4 is 0 Å². The Morgan fingerprint density at radius 2 is 1.77 bits per heavy atom. The molecule has 0 aliphatic rings. The standard InChI is InChI=1S/C25H22FNO3/c1-15-12-18(8-10-22(15)26)27-16(2)24(20-14-19(28)9-11-23(20)27)21(25(29)30)13-17-6-4-3-5-7-17/h3-12,14,21,28H,13H2,1-2H3,(H,29,30). The molecule has 1 unspecified atom stereocenters. The number of nitrogens with zero attached hydrogens (tertiary/aromatic N) is 1. The number of aryl methyl sites for hydroxylation is 1. The number of carboxylic acid groups (broad SMARTS) is 1. The Labute approximate surface area is 173 Å². The first kappa shape index (κ1) is 19.7. The number of carboxylic acids is 1. The van der Waals surface area contributed by atoms with Crippen LogP contribution in [0.1, 0.15) is 28.3 Å². The molecule has 0 spiro atoms. The molecule has 0 saturated carbocycles. The second-order valence-corrected chi connectivity index (χ2v) is 7.55. The number of phenols is 1. The Kier molecular flexibility index (Phi) is 5.04. The fraction of sp³-hybridized carbons (Fsp3) is 0.160. The largest absolute Gasteiger partial charge is 0.508 e. The minimum absolute atomic E-state index is 0.0695. The normalized spacial score (nSPS) is 12.2. The highest BCUT2D eigenvalue weighted by Crippen LogP contribution is 2.37. The lowest BCUT2D eigenvalue weighted by Gasteiger charge is -2.15. The number of benzene rings is 3. The molecule has 5 heteroatoms. The summed E-state index contributed by atoms with van der Waals surface area (Å²) in [5, 5.41) is 20.9. The lowest BCUT2D eigenvalue weighted by molar-refractivity contribution is -0.138. The fourth-order valence-corrected chi connectivity index (χ4v) is 4.13. The molecule has 1 heterocycles. The van der Waals surface area contributed by atoms with Crippen molar-refractivity contribution in [2.75, 3.05) is 0 Å². The molecular weight excluding hydrogens is 381 g/mol. The van der Waals surface area contributed by atoms with Gasteiger partial charge < -0.3 is 14.8 Å². The van der Waals surface area contributed by atoms with Crippen molar-refractivity contribution in [1.29, 1.82) is 0 Å². The number of phenolic OH excluding ortho intramolecular Hbond substituents is 1. The van der Waals surface area contributed by atoms with Gasteiger partial charge in [0.05, 0.1) is 11.4 Å². The zero-order valence-electron chi connectivity index (χ0n) is 16.8. The summed E-state index contributed by atoms with van der Waals surface area (Å²) < 4.78 is 15.8. The van der Waals surface area contributed by atoms with Crippen molar-refractivity contribution in [3.05, 3.63) is 94.9 Å². The van der Waals surface area contributed by atoms with Crippen LogP contribution in [-0.2, 0) is 11.2 Å². The predicted octanol–water partition coefficient (Wildman–Crippen LogP) is 5.50. The molecule has 1 aromatic heterocycles. The average molecular weight is 403 g/mol. The van der Waals surface area contributed by atoms with E-state index in [1.807, 2.05) is 41.8 Å². The quantitative estimate of drug-likeness (QED) is 0.462. The minimum Gasteiger partial charge on any atom is -0.508 e. The molecule has 4 nitrogen and oxygen atoms in total. The Bertz CT molecular complexity index is 1240. The minimum atomic E-state index is -0.931. The van der Waals surface area contributed by atoms with Crippen molar-refractivity contribution in [3.63, 3.8) is 0 Å². The smallest absolute Gasteiger partial charge is 0.311 e. The van der Waals surface area contributed by atoms with Gasteiger partial charge in [-0.1, -0.05) is 30.3 Å². The van der Waals surface area contributed by atoms with Gasteiger partial charge in [0.15, 0.2) is 0 Å². The second kappa shape index (κ2) is 7.67. The van der Waals surface area contributed by atoms with E-state index in [1.165, 1.54) is 6.07 Å². The van der Waals surface area contributed by atoms with Crippen LogP contribution in [0.3, 0.4) is 0 Å². The highest BCUT2D eigenvalue weighted by Gasteiger charge is 2.28. The number of aromatic nitrogens is 1. The van der Waals surface area contributed by atoms with E-state index < -0.39 is 11.9 Å². The van der Waals surface area contributed by atoms with Crippen LogP contribution in [0.4, 0.5) is 4.39 Å². The van der Waals surface area contributed by atoms with Crippen LogP contribution in [0.25, 0.3) is 16.6 Å². The van der Waals surface area contributed by atoms with Crippen molar-refractivity contribution < 1.29 is 19.4 Å². The van der Waals surface area contributed by atoms with Gasteiger partial charge in [0.25, 0.3) is 0 Å². The van der Waals surface area contributed by atoms with E-state index in [4.69, 9.17) is 0 Å². The van der Waals surface area contributed by atoms with Gasteiger partial charge in [-0.25, -0.2) is 4.39 Å². The molecule has 0 aliphatic carbocycles. The molecule has 4 aromatic rings. The van der Waals surface area contributed by atoms with Crippen molar-refractivity contribution in [2.45, 2.75) is 26.2 Å². The van der Waals surface area contributed by atoms with Gasteiger partial charge in [0.2, 0.25) is 0 Å². The van der Waals surface area contributed by atoms with Crippen molar-refractivity contribution in [2.24, 2.45) is 0 Å². The van der Waals surface area contributed by atoms with Gasteiger partial charge >= 0.3 is 5.97 Å². The maximum absolute atomic E-state index is 13.8. The van der Waals surface area contributed by atoms with E-state index in [0.717, 1.165) is 22.5 Å². The first-order valence-corrected chi connectivity index (χ1v) is 9.74. The molecule has 0 radical (unpaired) electrons. The number of aliphatic carboxylic acids is 1. The fourth-order valence-electron chi connectivity index (χ4n) is 4.13. The van der Waals surface area contributed by atoms with Crippen molar-refractivity contribution >= 4 is 16.9 Å². The summed E-state index contributed by atoms with van der Waals surface area (Å²) in [4.78, 5) is 12.3. The van der Waals surface area contributed by atoms with E-state index >= 15 is 0 Å².